The molecule has 2 N–H and O–H groups in total. The zero-order chi connectivity index (χ0) is 12.2. The van der Waals surface area contributed by atoms with Crippen LogP contribution in [0.25, 0.3) is 0 Å². The summed E-state index contributed by atoms with van der Waals surface area (Å²) in [5.41, 5.74) is 5.62. The first-order valence-electron chi connectivity index (χ1n) is 4.68. The van der Waals surface area contributed by atoms with Gasteiger partial charge in [0.2, 0.25) is 0 Å². The molecule has 16 heavy (non-hydrogen) atoms. The van der Waals surface area contributed by atoms with Crippen LogP contribution in [0.1, 0.15) is 0 Å². The van der Waals surface area contributed by atoms with Crippen LogP contribution in [0.4, 0.5) is 0 Å². The topological polar surface area (TPSA) is 69.4 Å². The highest BCUT2D eigenvalue weighted by Crippen LogP contribution is 2.16. The quantitative estimate of drug-likeness (QED) is 0.887. The van der Waals surface area contributed by atoms with Gasteiger partial charge in [0.15, 0.2) is 9.84 Å². The summed E-state index contributed by atoms with van der Waals surface area (Å²) in [4.78, 5) is 0.280. The predicted octanol–water partition coefficient (Wildman–Crippen LogP) is 1.20. The van der Waals surface area contributed by atoms with E-state index in [-0.39, 0.29) is 17.3 Å². The number of ether oxygens (including phenoxy) is 1. The second-order valence-electron chi connectivity index (χ2n) is 3.45. The van der Waals surface area contributed by atoms with Crippen molar-refractivity contribution in [2.75, 3.05) is 19.5 Å². The molecule has 0 amide bonds. The summed E-state index contributed by atoms with van der Waals surface area (Å²) in [7, 11) is -1.83. The molecule has 0 aliphatic heterocycles. The number of nitrogens with two attached hydrogens (primary N) is 1. The first-order chi connectivity index (χ1) is 7.45. The number of benzene rings is 1. The first-order valence-corrected chi connectivity index (χ1v) is 7.13. The molecule has 90 valence electrons. The number of methoxy groups -OCH3 is 1. The van der Waals surface area contributed by atoms with Crippen LogP contribution in [0.5, 0.6) is 0 Å². The Morgan fingerprint density at radius 3 is 2.44 bits per heavy atom. The van der Waals surface area contributed by atoms with E-state index >= 15 is 0 Å². The van der Waals surface area contributed by atoms with E-state index in [9.17, 15) is 8.42 Å². The molecule has 0 fully saturated rings. The lowest BCUT2D eigenvalue weighted by Gasteiger charge is -2.10. The summed E-state index contributed by atoms with van der Waals surface area (Å²) in [5.74, 6) is -0.109. The maximum Gasteiger partial charge on any atom is 0.179 e. The van der Waals surface area contributed by atoms with E-state index in [1.165, 1.54) is 7.11 Å². The van der Waals surface area contributed by atoms with Crippen molar-refractivity contribution in [2.45, 2.75) is 10.9 Å². The highest BCUT2D eigenvalue weighted by atomic mass is 79.9. The molecule has 0 bridgehead atoms. The zero-order valence-corrected chi connectivity index (χ0v) is 11.3. The van der Waals surface area contributed by atoms with E-state index in [2.05, 4.69) is 15.9 Å². The Kier molecular flexibility index (Phi) is 4.91. The molecule has 1 rings (SSSR count). The summed E-state index contributed by atoms with van der Waals surface area (Å²) in [6.07, 6.45) is 0. The van der Waals surface area contributed by atoms with Crippen molar-refractivity contribution in [3.05, 3.63) is 28.7 Å². The molecule has 1 atom stereocenters. The van der Waals surface area contributed by atoms with Gasteiger partial charge >= 0.3 is 0 Å². The van der Waals surface area contributed by atoms with Crippen LogP contribution in [0.15, 0.2) is 33.6 Å². The Morgan fingerprint density at radius 1 is 1.38 bits per heavy atom. The second kappa shape index (κ2) is 5.77. The van der Waals surface area contributed by atoms with Crippen LogP contribution in [0.2, 0.25) is 0 Å². The van der Waals surface area contributed by atoms with E-state index in [1.807, 2.05) is 0 Å². The smallest absolute Gasteiger partial charge is 0.179 e. The van der Waals surface area contributed by atoms with E-state index in [1.54, 1.807) is 24.3 Å². The summed E-state index contributed by atoms with van der Waals surface area (Å²) in [6.45, 7) is 0.232. The van der Waals surface area contributed by atoms with E-state index in [4.69, 9.17) is 10.5 Å². The fraction of sp³-hybridized carbons (Fsp3) is 0.400. The minimum absolute atomic E-state index is 0.109. The van der Waals surface area contributed by atoms with Crippen molar-refractivity contribution in [1.29, 1.82) is 0 Å². The Balaban J connectivity index is 2.82. The fourth-order valence-electron chi connectivity index (χ4n) is 1.28. The highest BCUT2D eigenvalue weighted by Gasteiger charge is 2.18. The molecule has 0 aliphatic rings. The van der Waals surface area contributed by atoms with E-state index in [0.717, 1.165) is 4.47 Å². The van der Waals surface area contributed by atoms with Gasteiger partial charge in [0, 0.05) is 17.6 Å². The Labute approximate surface area is 104 Å². The summed E-state index contributed by atoms with van der Waals surface area (Å²) >= 11 is 3.25. The third kappa shape index (κ3) is 3.86. The molecule has 4 nitrogen and oxygen atoms in total. The molecule has 0 aromatic heterocycles. The van der Waals surface area contributed by atoms with Crippen molar-refractivity contribution in [3.8, 4) is 0 Å². The van der Waals surface area contributed by atoms with Gasteiger partial charge in [-0.1, -0.05) is 15.9 Å². The maximum absolute atomic E-state index is 11.9. The highest BCUT2D eigenvalue weighted by molar-refractivity contribution is 9.10. The van der Waals surface area contributed by atoms with Gasteiger partial charge in [0.1, 0.15) is 0 Å². The van der Waals surface area contributed by atoms with Crippen molar-refractivity contribution in [3.63, 3.8) is 0 Å². The molecule has 0 saturated carbocycles. The van der Waals surface area contributed by atoms with Gasteiger partial charge in [0.25, 0.3) is 0 Å². The second-order valence-corrected chi connectivity index (χ2v) is 6.40. The lowest BCUT2D eigenvalue weighted by Crippen LogP contribution is -2.33. The largest absolute Gasteiger partial charge is 0.383 e. The van der Waals surface area contributed by atoms with Crippen LogP contribution < -0.4 is 5.73 Å². The number of hydrogen-bond donors (Lipinski definition) is 1. The summed E-state index contributed by atoms with van der Waals surface area (Å²) in [6, 6.07) is 5.99. The van der Waals surface area contributed by atoms with Gasteiger partial charge in [0.05, 0.1) is 17.3 Å². The van der Waals surface area contributed by atoms with Gasteiger partial charge in [-0.2, -0.15) is 0 Å². The molecule has 0 aliphatic carbocycles. The average molecular weight is 308 g/mol. The monoisotopic (exact) mass is 307 g/mol. The normalized spacial score (nSPS) is 13.7. The molecular weight excluding hydrogens is 294 g/mol. The minimum atomic E-state index is -3.32. The number of sulfone groups is 1. The molecule has 1 aromatic rings. The molecule has 0 heterocycles. The molecule has 1 unspecified atom stereocenters. The van der Waals surface area contributed by atoms with Crippen LogP contribution in [0, 0.1) is 0 Å². The van der Waals surface area contributed by atoms with Crippen LogP contribution in [0.3, 0.4) is 0 Å². The molecule has 0 spiro atoms. The third-order valence-corrected chi connectivity index (χ3v) is 4.37. The van der Waals surface area contributed by atoms with Crippen LogP contribution >= 0.6 is 15.9 Å². The van der Waals surface area contributed by atoms with E-state index in [0.29, 0.717) is 0 Å². The van der Waals surface area contributed by atoms with Gasteiger partial charge in [-0.25, -0.2) is 8.42 Å². The van der Waals surface area contributed by atoms with Crippen LogP contribution in [-0.4, -0.2) is 33.9 Å². The lowest BCUT2D eigenvalue weighted by atomic mass is 10.4. The summed E-state index contributed by atoms with van der Waals surface area (Å²) in [5, 5.41) is 0. The predicted molar refractivity (Wildman–Crippen MR) is 66.0 cm³/mol. The molecule has 1 aromatic carbocycles. The van der Waals surface area contributed by atoms with Gasteiger partial charge in [-0.05, 0) is 24.3 Å². The Morgan fingerprint density at radius 2 is 1.94 bits per heavy atom. The van der Waals surface area contributed by atoms with Crippen molar-refractivity contribution in [2.24, 2.45) is 5.73 Å². The summed E-state index contributed by atoms with van der Waals surface area (Å²) < 4.78 is 29.4. The fourth-order valence-corrected chi connectivity index (χ4v) is 2.95. The number of halogens is 1. The maximum atomic E-state index is 11.9. The third-order valence-electron chi connectivity index (χ3n) is 1.99. The van der Waals surface area contributed by atoms with Crippen molar-refractivity contribution >= 4 is 25.8 Å². The first kappa shape index (κ1) is 13.6. The van der Waals surface area contributed by atoms with Gasteiger partial charge in [-0.3, -0.25) is 0 Å². The standard InChI is InChI=1S/C10H14BrNO3S/c1-15-6-9(12)7-16(13,14)10-4-2-8(11)3-5-10/h2-5,9H,6-7,12H2,1H3. The lowest BCUT2D eigenvalue weighted by molar-refractivity contribution is 0.186. The average Bonchev–Trinajstić information content (AvgIpc) is 2.17. The molecule has 0 saturated heterocycles. The zero-order valence-electron chi connectivity index (χ0n) is 8.89. The van der Waals surface area contributed by atoms with Gasteiger partial charge in [-0.15, -0.1) is 0 Å². The molecular formula is C10H14BrNO3S. The number of rotatable bonds is 5. The van der Waals surface area contributed by atoms with Crippen molar-refractivity contribution < 1.29 is 13.2 Å². The Hall–Kier alpha value is -0.430. The number of hydrogen-bond acceptors (Lipinski definition) is 4. The SMILES string of the molecule is COCC(N)CS(=O)(=O)c1ccc(Br)cc1. The van der Waals surface area contributed by atoms with Crippen molar-refractivity contribution in [1.82, 2.24) is 0 Å². The van der Waals surface area contributed by atoms with Gasteiger partial charge < -0.3 is 10.5 Å². The molecule has 0 radical (unpaired) electrons. The molecule has 6 heteroatoms. The van der Waals surface area contributed by atoms with E-state index < -0.39 is 15.9 Å². The Bertz CT molecular complexity index is 430. The minimum Gasteiger partial charge on any atom is -0.383 e. The van der Waals surface area contributed by atoms with Crippen LogP contribution in [-0.2, 0) is 14.6 Å².